The van der Waals surface area contributed by atoms with Crippen molar-refractivity contribution in [3.63, 3.8) is 0 Å². The molecule has 8 heteroatoms. The van der Waals surface area contributed by atoms with Crippen LogP contribution in [0, 0.1) is 0 Å². The van der Waals surface area contributed by atoms with Gasteiger partial charge in [0, 0.05) is 6.07 Å². The average Bonchev–Trinajstić information content (AvgIpc) is 3.61. The van der Waals surface area contributed by atoms with E-state index in [1.807, 2.05) is 42.5 Å². The maximum atomic E-state index is 10.5. The van der Waals surface area contributed by atoms with E-state index in [4.69, 9.17) is 19.1 Å². The lowest BCUT2D eigenvalue weighted by atomic mass is 9.87. The molecular formula is C33H25N5O3. The van der Waals surface area contributed by atoms with Crippen LogP contribution in [0.3, 0.4) is 0 Å². The SMILES string of the molecule is CC(C)(C)c1cc(Oc2cnc3oc4cccc(O)c4c3c2)nc(-n2c3ccccc3n3c4ccccc4nc23)c1. The van der Waals surface area contributed by atoms with E-state index < -0.39 is 0 Å². The minimum atomic E-state index is -0.177. The summed E-state index contributed by atoms with van der Waals surface area (Å²) in [5.74, 6) is 2.53. The molecule has 0 bridgehead atoms. The van der Waals surface area contributed by atoms with E-state index in [1.165, 1.54) is 0 Å². The number of rotatable bonds is 3. The molecule has 8 rings (SSSR count). The highest BCUT2D eigenvalue weighted by atomic mass is 16.5. The van der Waals surface area contributed by atoms with Gasteiger partial charge in [-0.25, -0.2) is 9.97 Å². The van der Waals surface area contributed by atoms with E-state index >= 15 is 0 Å². The van der Waals surface area contributed by atoms with Gasteiger partial charge >= 0.3 is 0 Å². The Labute approximate surface area is 234 Å². The lowest BCUT2D eigenvalue weighted by molar-refractivity contribution is 0.456. The van der Waals surface area contributed by atoms with Crippen molar-refractivity contribution in [2.75, 3.05) is 0 Å². The molecule has 41 heavy (non-hydrogen) atoms. The lowest BCUT2D eigenvalue weighted by Gasteiger charge is -2.21. The molecule has 5 aromatic heterocycles. The molecule has 0 unspecified atom stereocenters. The molecule has 0 amide bonds. The topological polar surface area (TPSA) is 90.6 Å². The maximum absolute atomic E-state index is 10.5. The number of imidazole rings is 2. The number of phenols is 1. The van der Waals surface area contributed by atoms with Gasteiger partial charge in [0.2, 0.25) is 17.4 Å². The molecule has 8 aromatic rings. The standard InChI is InChI=1S/C33H25N5O3/c1-33(2,3)19-15-28(38-25-12-7-6-11-24(25)37-23-10-5-4-9-22(23)35-32(37)38)36-29(16-19)40-20-17-21-30-26(39)13-8-14-27(30)41-31(21)34-18-20/h4-18,39H,1-3H3. The molecule has 200 valence electrons. The average molecular weight is 540 g/mol. The Morgan fingerprint density at radius 2 is 1.61 bits per heavy atom. The van der Waals surface area contributed by atoms with Gasteiger partial charge in [-0.1, -0.05) is 51.1 Å². The normalized spacial score (nSPS) is 12.4. The predicted molar refractivity (Wildman–Crippen MR) is 159 cm³/mol. The highest BCUT2D eigenvalue weighted by Gasteiger charge is 2.22. The fraction of sp³-hybridized carbons (Fsp3) is 0.121. The molecule has 0 radical (unpaired) electrons. The third-order valence-corrected chi connectivity index (χ3v) is 7.52. The summed E-state index contributed by atoms with van der Waals surface area (Å²) in [6.45, 7) is 6.49. The van der Waals surface area contributed by atoms with E-state index in [0.717, 1.165) is 33.4 Å². The molecule has 3 aromatic carbocycles. The summed E-state index contributed by atoms with van der Waals surface area (Å²) in [4.78, 5) is 14.4. The van der Waals surface area contributed by atoms with Gasteiger partial charge in [-0.2, -0.15) is 4.98 Å². The minimum absolute atomic E-state index is 0.130. The van der Waals surface area contributed by atoms with Crippen LogP contribution in [0.1, 0.15) is 26.3 Å². The van der Waals surface area contributed by atoms with Gasteiger partial charge in [0.05, 0.1) is 39.0 Å². The summed E-state index contributed by atoms with van der Waals surface area (Å²) in [5.41, 5.74) is 5.87. The zero-order valence-electron chi connectivity index (χ0n) is 22.7. The van der Waals surface area contributed by atoms with Crippen LogP contribution in [0.2, 0.25) is 0 Å². The summed E-state index contributed by atoms with van der Waals surface area (Å²) < 4.78 is 16.4. The molecule has 0 aliphatic rings. The second-order valence-electron chi connectivity index (χ2n) is 11.2. The van der Waals surface area contributed by atoms with Crippen molar-refractivity contribution in [1.82, 2.24) is 23.9 Å². The van der Waals surface area contributed by atoms with Crippen LogP contribution in [-0.2, 0) is 5.41 Å². The predicted octanol–water partition coefficient (Wildman–Crippen LogP) is 7.92. The summed E-state index contributed by atoms with van der Waals surface area (Å²) in [6.07, 6.45) is 1.61. The summed E-state index contributed by atoms with van der Waals surface area (Å²) in [7, 11) is 0. The number of hydrogen-bond donors (Lipinski definition) is 1. The number of benzene rings is 3. The van der Waals surface area contributed by atoms with Crippen LogP contribution >= 0.6 is 0 Å². The molecule has 0 atom stereocenters. The highest BCUT2D eigenvalue weighted by Crippen LogP contribution is 2.37. The fourth-order valence-corrected chi connectivity index (χ4v) is 5.52. The van der Waals surface area contributed by atoms with Crippen molar-refractivity contribution in [3.8, 4) is 23.2 Å². The van der Waals surface area contributed by atoms with Gasteiger partial charge in [-0.15, -0.1) is 0 Å². The Morgan fingerprint density at radius 1 is 0.829 bits per heavy atom. The van der Waals surface area contributed by atoms with Gasteiger partial charge < -0.3 is 14.3 Å². The first-order chi connectivity index (χ1) is 19.8. The summed E-state index contributed by atoms with van der Waals surface area (Å²) in [6, 6.07) is 27.4. The zero-order valence-corrected chi connectivity index (χ0v) is 22.7. The maximum Gasteiger partial charge on any atom is 0.227 e. The van der Waals surface area contributed by atoms with Crippen molar-refractivity contribution in [2.24, 2.45) is 0 Å². The van der Waals surface area contributed by atoms with Crippen LogP contribution in [0.4, 0.5) is 0 Å². The Hall–Kier alpha value is -5.37. The van der Waals surface area contributed by atoms with Gasteiger partial charge in [0.15, 0.2) is 0 Å². The molecule has 0 aliphatic carbocycles. The molecular weight excluding hydrogens is 514 g/mol. The zero-order chi connectivity index (χ0) is 27.9. The monoisotopic (exact) mass is 539 g/mol. The summed E-state index contributed by atoms with van der Waals surface area (Å²) in [5, 5.41) is 11.8. The van der Waals surface area contributed by atoms with E-state index in [1.54, 1.807) is 24.4 Å². The first kappa shape index (κ1) is 23.5. The second kappa shape index (κ2) is 8.32. The van der Waals surface area contributed by atoms with Crippen LogP contribution in [0.5, 0.6) is 17.4 Å². The number of aromatic nitrogens is 5. The molecule has 0 fully saturated rings. The lowest BCUT2D eigenvalue weighted by Crippen LogP contribution is -2.13. The Kier molecular flexibility index (Phi) is 4.77. The van der Waals surface area contributed by atoms with E-state index in [9.17, 15) is 5.11 Å². The van der Waals surface area contributed by atoms with E-state index in [-0.39, 0.29) is 11.2 Å². The quantitative estimate of drug-likeness (QED) is 0.245. The third kappa shape index (κ3) is 3.57. The highest BCUT2D eigenvalue weighted by molar-refractivity contribution is 6.07. The number of aromatic hydroxyl groups is 1. The minimum Gasteiger partial charge on any atom is -0.507 e. The number of fused-ring (bicyclic) bond motifs is 8. The van der Waals surface area contributed by atoms with Gasteiger partial charge in [0.1, 0.15) is 22.9 Å². The van der Waals surface area contributed by atoms with Gasteiger partial charge in [-0.3, -0.25) is 8.97 Å². The van der Waals surface area contributed by atoms with Crippen molar-refractivity contribution in [1.29, 1.82) is 0 Å². The molecule has 0 aliphatic heterocycles. The van der Waals surface area contributed by atoms with Gasteiger partial charge in [0.25, 0.3) is 0 Å². The number of phenolic OH excluding ortho intramolecular Hbond substituents is 1. The molecule has 1 N–H and O–H groups in total. The summed E-state index contributed by atoms with van der Waals surface area (Å²) >= 11 is 0. The van der Waals surface area contributed by atoms with Crippen LogP contribution < -0.4 is 4.74 Å². The van der Waals surface area contributed by atoms with Crippen molar-refractivity contribution in [2.45, 2.75) is 26.2 Å². The second-order valence-corrected chi connectivity index (χ2v) is 11.2. The number of hydrogen-bond acceptors (Lipinski definition) is 6. The van der Waals surface area contributed by atoms with Crippen molar-refractivity contribution in [3.05, 3.63) is 96.7 Å². The van der Waals surface area contributed by atoms with Crippen LogP contribution in [0.15, 0.2) is 95.5 Å². The van der Waals surface area contributed by atoms with Crippen LogP contribution in [0.25, 0.3) is 55.7 Å². The number of furan rings is 1. The molecule has 0 saturated heterocycles. The van der Waals surface area contributed by atoms with Crippen LogP contribution in [-0.4, -0.2) is 29.0 Å². The Bertz CT molecular complexity index is 2300. The number of ether oxygens (including phenoxy) is 1. The van der Waals surface area contributed by atoms with Gasteiger partial charge in [-0.05, 0) is 59.5 Å². The molecule has 8 nitrogen and oxygen atoms in total. The first-order valence-corrected chi connectivity index (χ1v) is 13.4. The largest absolute Gasteiger partial charge is 0.507 e. The van der Waals surface area contributed by atoms with Crippen molar-refractivity contribution >= 4 is 49.9 Å². The van der Waals surface area contributed by atoms with Crippen molar-refractivity contribution < 1.29 is 14.3 Å². The smallest absolute Gasteiger partial charge is 0.227 e. The van der Waals surface area contributed by atoms with E-state index in [2.05, 4.69) is 59.0 Å². The number of nitrogens with zero attached hydrogens (tertiary/aromatic N) is 5. The molecule has 0 saturated carbocycles. The third-order valence-electron chi connectivity index (χ3n) is 7.52. The molecule has 0 spiro atoms. The molecule has 5 heterocycles. The number of para-hydroxylation sites is 4. The van der Waals surface area contributed by atoms with E-state index in [0.29, 0.717) is 39.5 Å². The Balaban J connectivity index is 1.34. The number of pyridine rings is 2. The fourth-order valence-electron chi connectivity index (χ4n) is 5.52. The Morgan fingerprint density at radius 3 is 2.44 bits per heavy atom. The first-order valence-electron chi connectivity index (χ1n) is 13.4.